The minimum atomic E-state index is -0.0236. The highest BCUT2D eigenvalue weighted by Gasteiger charge is 2.20. The molecule has 0 unspecified atom stereocenters. The molecule has 0 aliphatic carbocycles. The van der Waals surface area contributed by atoms with Crippen molar-refractivity contribution in [2.45, 2.75) is 32.4 Å². The SMILES string of the molecule is CCN1CCC[C@H](n2cc(CO)nn2)C1. The van der Waals surface area contributed by atoms with E-state index in [0.29, 0.717) is 11.7 Å². The number of likely N-dealkylation sites (N-methyl/N-ethyl adjacent to an activating group) is 1. The van der Waals surface area contributed by atoms with Gasteiger partial charge in [-0.2, -0.15) is 0 Å². The zero-order valence-electron chi connectivity index (χ0n) is 9.13. The van der Waals surface area contributed by atoms with Crippen LogP contribution < -0.4 is 0 Å². The first-order valence-electron chi connectivity index (χ1n) is 5.57. The Bertz CT molecular complexity index is 312. The number of piperidine rings is 1. The van der Waals surface area contributed by atoms with Crippen LogP contribution in [-0.4, -0.2) is 44.6 Å². The lowest BCUT2D eigenvalue weighted by atomic mass is 10.1. The third-order valence-corrected chi connectivity index (χ3v) is 3.02. The molecule has 1 atom stereocenters. The highest BCUT2D eigenvalue weighted by molar-refractivity contribution is 4.91. The van der Waals surface area contributed by atoms with Crippen LogP contribution in [-0.2, 0) is 6.61 Å². The van der Waals surface area contributed by atoms with Gasteiger partial charge in [-0.25, -0.2) is 4.68 Å². The average Bonchev–Trinajstić information content (AvgIpc) is 2.78. The lowest BCUT2D eigenvalue weighted by Crippen LogP contribution is -2.36. The summed E-state index contributed by atoms with van der Waals surface area (Å²) in [7, 11) is 0. The monoisotopic (exact) mass is 210 g/mol. The third kappa shape index (κ3) is 2.35. The molecule has 5 nitrogen and oxygen atoms in total. The Morgan fingerprint density at radius 2 is 2.47 bits per heavy atom. The van der Waals surface area contributed by atoms with Gasteiger partial charge in [0.2, 0.25) is 0 Å². The van der Waals surface area contributed by atoms with E-state index in [9.17, 15) is 0 Å². The molecule has 1 aliphatic rings. The summed E-state index contributed by atoms with van der Waals surface area (Å²) in [4.78, 5) is 2.43. The number of aromatic nitrogens is 3. The number of aliphatic hydroxyl groups excluding tert-OH is 1. The van der Waals surface area contributed by atoms with Crippen molar-refractivity contribution in [3.05, 3.63) is 11.9 Å². The van der Waals surface area contributed by atoms with Crippen LogP contribution >= 0.6 is 0 Å². The van der Waals surface area contributed by atoms with Gasteiger partial charge in [-0.05, 0) is 25.9 Å². The van der Waals surface area contributed by atoms with Crippen molar-refractivity contribution < 1.29 is 5.11 Å². The van der Waals surface area contributed by atoms with Crippen LogP contribution in [0.3, 0.4) is 0 Å². The van der Waals surface area contributed by atoms with Gasteiger partial charge in [-0.15, -0.1) is 5.10 Å². The van der Waals surface area contributed by atoms with Gasteiger partial charge >= 0.3 is 0 Å². The third-order valence-electron chi connectivity index (χ3n) is 3.02. The number of hydrogen-bond donors (Lipinski definition) is 1. The van der Waals surface area contributed by atoms with Gasteiger partial charge in [0.1, 0.15) is 5.69 Å². The molecule has 2 rings (SSSR count). The number of aliphatic hydroxyl groups is 1. The second kappa shape index (κ2) is 4.72. The van der Waals surface area contributed by atoms with E-state index in [-0.39, 0.29) is 6.61 Å². The summed E-state index contributed by atoms with van der Waals surface area (Å²) in [6.45, 7) is 5.49. The zero-order valence-corrected chi connectivity index (χ0v) is 9.13. The molecule has 0 saturated carbocycles. The average molecular weight is 210 g/mol. The molecule has 0 spiro atoms. The first kappa shape index (κ1) is 10.6. The Hall–Kier alpha value is -0.940. The minimum Gasteiger partial charge on any atom is -0.390 e. The first-order valence-corrected chi connectivity index (χ1v) is 5.57. The van der Waals surface area contributed by atoms with Crippen LogP contribution in [0.25, 0.3) is 0 Å². The van der Waals surface area contributed by atoms with Gasteiger partial charge in [0.15, 0.2) is 0 Å². The molecular weight excluding hydrogens is 192 g/mol. The molecule has 1 fully saturated rings. The molecular formula is C10H18N4O. The van der Waals surface area contributed by atoms with Crippen molar-refractivity contribution in [2.75, 3.05) is 19.6 Å². The van der Waals surface area contributed by atoms with Crippen LogP contribution in [0.5, 0.6) is 0 Å². The van der Waals surface area contributed by atoms with Gasteiger partial charge in [-0.3, -0.25) is 0 Å². The van der Waals surface area contributed by atoms with E-state index >= 15 is 0 Å². The maximum atomic E-state index is 8.92. The number of hydrogen-bond acceptors (Lipinski definition) is 4. The Kier molecular flexibility index (Phi) is 3.33. The number of rotatable bonds is 3. The van der Waals surface area contributed by atoms with Crippen molar-refractivity contribution in [3.63, 3.8) is 0 Å². The van der Waals surface area contributed by atoms with Crippen LogP contribution in [0.2, 0.25) is 0 Å². The summed E-state index contributed by atoms with van der Waals surface area (Å²) in [5.41, 5.74) is 0.656. The van der Waals surface area contributed by atoms with Gasteiger partial charge in [0, 0.05) is 6.54 Å². The van der Waals surface area contributed by atoms with E-state index in [1.165, 1.54) is 13.0 Å². The van der Waals surface area contributed by atoms with Crippen molar-refractivity contribution in [2.24, 2.45) is 0 Å². The molecule has 0 radical (unpaired) electrons. The predicted molar refractivity (Wildman–Crippen MR) is 56.3 cm³/mol. The second-order valence-electron chi connectivity index (χ2n) is 4.04. The summed E-state index contributed by atoms with van der Waals surface area (Å²) in [5, 5.41) is 16.9. The van der Waals surface area contributed by atoms with E-state index in [2.05, 4.69) is 22.1 Å². The molecule has 1 N–H and O–H groups in total. The maximum absolute atomic E-state index is 8.92. The lowest BCUT2D eigenvalue weighted by Gasteiger charge is -2.31. The molecule has 5 heteroatoms. The molecule has 84 valence electrons. The summed E-state index contributed by atoms with van der Waals surface area (Å²) >= 11 is 0. The highest BCUT2D eigenvalue weighted by Crippen LogP contribution is 2.20. The molecule has 0 amide bonds. The Labute approximate surface area is 89.7 Å². The van der Waals surface area contributed by atoms with E-state index in [4.69, 9.17) is 5.11 Å². The fourth-order valence-electron chi connectivity index (χ4n) is 2.10. The molecule has 0 bridgehead atoms. The standard InChI is InChI=1S/C10H18N4O/c1-2-13-5-3-4-10(7-13)14-6-9(8-15)11-12-14/h6,10,15H,2-5,7-8H2,1H3/t10-/m0/s1. The summed E-state index contributed by atoms with van der Waals surface area (Å²) in [5.74, 6) is 0. The number of nitrogens with zero attached hydrogens (tertiary/aromatic N) is 4. The molecule has 1 saturated heterocycles. The Morgan fingerprint density at radius 1 is 1.60 bits per heavy atom. The lowest BCUT2D eigenvalue weighted by molar-refractivity contribution is 0.176. The summed E-state index contributed by atoms with van der Waals surface area (Å²) in [6.07, 6.45) is 4.22. The quantitative estimate of drug-likeness (QED) is 0.786. The van der Waals surface area contributed by atoms with E-state index in [0.717, 1.165) is 19.5 Å². The summed E-state index contributed by atoms with van der Waals surface area (Å²) in [6, 6.07) is 0.423. The predicted octanol–water partition coefficient (Wildman–Crippen LogP) is 0.427. The molecule has 1 aromatic heterocycles. The molecule has 1 aliphatic heterocycles. The first-order chi connectivity index (χ1) is 7.33. The van der Waals surface area contributed by atoms with Gasteiger partial charge in [0.05, 0.1) is 18.8 Å². The molecule has 0 aromatic carbocycles. The molecule has 2 heterocycles. The molecule has 1 aromatic rings. The Morgan fingerprint density at radius 3 is 3.13 bits per heavy atom. The number of likely N-dealkylation sites (tertiary alicyclic amines) is 1. The van der Waals surface area contributed by atoms with Crippen LogP contribution in [0.4, 0.5) is 0 Å². The largest absolute Gasteiger partial charge is 0.390 e. The zero-order chi connectivity index (χ0) is 10.7. The van der Waals surface area contributed by atoms with Gasteiger partial charge < -0.3 is 10.0 Å². The van der Waals surface area contributed by atoms with Crippen molar-refractivity contribution in [1.29, 1.82) is 0 Å². The van der Waals surface area contributed by atoms with Gasteiger partial charge in [0.25, 0.3) is 0 Å². The van der Waals surface area contributed by atoms with E-state index in [1.807, 2.05) is 10.9 Å². The maximum Gasteiger partial charge on any atom is 0.108 e. The normalized spacial score (nSPS) is 23.2. The van der Waals surface area contributed by atoms with E-state index in [1.54, 1.807) is 0 Å². The minimum absolute atomic E-state index is 0.0236. The van der Waals surface area contributed by atoms with E-state index < -0.39 is 0 Å². The van der Waals surface area contributed by atoms with Crippen molar-refractivity contribution >= 4 is 0 Å². The van der Waals surface area contributed by atoms with Gasteiger partial charge in [-0.1, -0.05) is 12.1 Å². The fourth-order valence-corrected chi connectivity index (χ4v) is 2.10. The fraction of sp³-hybridized carbons (Fsp3) is 0.800. The Balaban J connectivity index is 2.03. The smallest absolute Gasteiger partial charge is 0.108 e. The topological polar surface area (TPSA) is 54.2 Å². The molecule has 15 heavy (non-hydrogen) atoms. The van der Waals surface area contributed by atoms with Crippen LogP contribution in [0.1, 0.15) is 31.5 Å². The van der Waals surface area contributed by atoms with Crippen LogP contribution in [0, 0.1) is 0 Å². The van der Waals surface area contributed by atoms with Crippen LogP contribution in [0.15, 0.2) is 6.20 Å². The second-order valence-corrected chi connectivity index (χ2v) is 4.04. The van der Waals surface area contributed by atoms with Crippen molar-refractivity contribution in [1.82, 2.24) is 19.9 Å². The highest BCUT2D eigenvalue weighted by atomic mass is 16.3. The van der Waals surface area contributed by atoms with Crippen molar-refractivity contribution in [3.8, 4) is 0 Å². The summed E-state index contributed by atoms with van der Waals surface area (Å²) < 4.78 is 1.90.